The number of aromatic nitrogens is 2. The van der Waals surface area contributed by atoms with Crippen LogP contribution in [0.4, 0.5) is 4.39 Å². The second-order valence-electron chi connectivity index (χ2n) is 8.70. The van der Waals surface area contributed by atoms with Crippen LogP contribution in [-0.2, 0) is 4.79 Å². The molecule has 0 bridgehead atoms. The fraction of sp³-hybridized carbons (Fsp3) is 0.565. The number of nitriles is 1. The first-order valence-electron chi connectivity index (χ1n) is 11.0. The van der Waals surface area contributed by atoms with Crippen molar-refractivity contribution in [2.24, 2.45) is 0 Å². The maximum Gasteiger partial charge on any atom is 0.237 e. The van der Waals surface area contributed by atoms with Crippen molar-refractivity contribution in [2.45, 2.75) is 56.4 Å². The van der Waals surface area contributed by atoms with Crippen LogP contribution in [-0.4, -0.2) is 58.1 Å². The standard InChI is InChI=1S/C23H28FN5O2/c1-28(23(16-25)10-3-2-4-11-23)20(30)15-29-12-6-8-18(14-29)22-26-21(27-31-22)17-7-5-9-19(24)13-17/h5,7,9,13,18H,2-4,6,8,10-12,14-15H2,1H3. The second-order valence-corrected chi connectivity index (χ2v) is 8.70. The Balaban J connectivity index is 1.40. The highest BCUT2D eigenvalue weighted by molar-refractivity contribution is 5.79. The Hall–Kier alpha value is -2.79. The summed E-state index contributed by atoms with van der Waals surface area (Å²) in [4.78, 5) is 21.2. The molecule has 1 aliphatic heterocycles. The minimum atomic E-state index is -0.670. The van der Waals surface area contributed by atoms with E-state index in [0.717, 1.165) is 51.5 Å². The zero-order chi connectivity index (χ0) is 21.8. The summed E-state index contributed by atoms with van der Waals surface area (Å²) >= 11 is 0. The molecule has 1 saturated heterocycles. The van der Waals surface area contributed by atoms with Gasteiger partial charge < -0.3 is 9.42 Å². The van der Waals surface area contributed by atoms with Gasteiger partial charge in [0.15, 0.2) is 0 Å². The Morgan fingerprint density at radius 1 is 1.35 bits per heavy atom. The van der Waals surface area contributed by atoms with Gasteiger partial charge >= 0.3 is 0 Å². The minimum absolute atomic E-state index is 0.0184. The summed E-state index contributed by atoms with van der Waals surface area (Å²) in [5.74, 6) is 0.556. The molecule has 31 heavy (non-hydrogen) atoms. The molecule has 8 heteroatoms. The van der Waals surface area contributed by atoms with Crippen molar-refractivity contribution in [2.75, 3.05) is 26.7 Å². The van der Waals surface area contributed by atoms with E-state index < -0.39 is 5.54 Å². The number of carbonyl (C=O) groups is 1. The summed E-state index contributed by atoms with van der Waals surface area (Å²) in [6.45, 7) is 1.74. The quantitative estimate of drug-likeness (QED) is 0.725. The molecule has 164 valence electrons. The molecule has 1 amide bonds. The van der Waals surface area contributed by atoms with Crippen molar-refractivity contribution < 1.29 is 13.7 Å². The van der Waals surface area contributed by atoms with Crippen LogP contribution in [0.3, 0.4) is 0 Å². The molecule has 1 saturated carbocycles. The maximum absolute atomic E-state index is 13.5. The first-order valence-corrected chi connectivity index (χ1v) is 11.0. The average molecular weight is 426 g/mol. The third kappa shape index (κ3) is 4.62. The molecule has 1 aliphatic carbocycles. The summed E-state index contributed by atoms with van der Waals surface area (Å²) in [7, 11) is 1.77. The molecule has 0 N–H and O–H groups in total. The molecule has 1 atom stereocenters. The second kappa shape index (κ2) is 9.15. The first-order chi connectivity index (χ1) is 15.0. The number of hydrogen-bond donors (Lipinski definition) is 0. The predicted octanol–water partition coefficient (Wildman–Crippen LogP) is 3.74. The van der Waals surface area contributed by atoms with Gasteiger partial charge in [-0.1, -0.05) is 36.6 Å². The zero-order valence-corrected chi connectivity index (χ0v) is 17.9. The van der Waals surface area contributed by atoms with Crippen molar-refractivity contribution in [1.29, 1.82) is 5.26 Å². The van der Waals surface area contributed by atoms with Crippen LogP contribution < -0.4 is 0 Å². The van der Waals surface area contributed by atoms with Crippen LogP contribution in [0, 0.1) is 17.1 Å². The van der Waals surface area contributed by atoms with Crippen molar-refractivity contribution in [3.05, 3.63) is 36.0 Å². The van der Waals surface area contributed by atoms with Crippen LogP contribution in [0.2, 0.25) is 0 Å². The fourth-order valence-corrected chi connectivity index (χ4v) is 4.74. The Labute approximate surface area is 181 Å². The van der Waals surface area contributed by atoms with Crippen LogP contribution >= 0.6 is 0 Å². The third-order valence-electron chi connectivity index (χ3n) is 6.64. The Kier molecular flexibility index (Phi) is 6.33. The Morgan fingerprint density at radius 3 is 2.90 bits per heavy atom. The van der Waals surface area contributed by atoms with Crippen LogP contribution in [0.15, 0.2) is 28.8 Å². The Morgan fingerprint density at radius 2 is 2.16 bits per heavy atom. The molecule has 2 aromatic rings. The van der Waals surface area contributed by atoms with Gasteiger partial charge in [0.05, 0.1) is 18.5 Å². The van der Waals surface area contributed by atoms with E-state index >= 15 is 0 Å². The molecule has 4 rings (SSSR count). The molecule has 1 unspecified atom stereocenters. The molecule has 0 radical (unpaired) electrons. The molecular formula is C23H28FN5O2. The third-order valence-corrected chi connectivity index (χ3v) is 6.64. The van der Waals surface area contributed by atoms with Crippen LogP contribution in [0.25, 0.3) is 11.4 Å². The lowest BCUT2D eigenvalue weighted by molar-refractivity contribution is -0.136. The number of rotatable bonds is 5. The number of hydrogen-bond acceptors (Lipinski definition) is 6. The smallest absolute Gasteiger partial charge is 0.237 e. The molecule has 0 spiro atoms. The summed E-state index contributed by atoms with van der Waals surface area (Å²) in [6.07, 6.45) is 6.42. The number of benzene rings is 1. The topological polar surface area (TPSA) is 86.3 Å². The van der Waals surface area contributed by atoms with Crippen LogP contribution in [0.5, 0.6) is 0 Å². The van der Waals surface area contributed by atoms with E-state index in [2.05, 4.69) is 21.1 Å². The summed E-state index contributed by atoms with van der Waals surface area (Å²) in [5.41, 5.74) is -0.0922. The monoisotopic (exact) mass is 425 g/mol. The highest BCUT2D eigenvalue weighted by atomic mass is 19.1. The van der Waals surface area contributed by atoms with E-state index in [1.165, 1.54) is 12.1 Å². The zero-order valence-electron chi connectivity index (χ0n) is 17.9. The van der Waals surface area contributed by atoms with Crippen LogP contribution in [0.1, 0.15) is 56.8 Å². The first kappa shape index (κ1) is 21.4. The normalized spacial score (nSPS) is 21.4. The van der Waals surface area contributed by atoms with Crippen molar-refractivity contribution in [3.8, 4) is 17.5 Å². The maximum atomic E-state index is 13.5. The van der Waals surface area contributed by atoms with Gasteiger partial charge in [-0.2, -0.15) is 10.2 Å². The molecule has 2 heterocycles. The Bertz CT molecular complexity index is 963. The number of likely N-dealkylation sites (N-methyl/N-ethyl adjacent to an activating group) is 1. The van der Waals surface area contributed by atoms with Crippen molar-refractivity contribution in [3.63, 3.8) is 0 Å². The SMILES string of the molecule is CN(C(=O)CN1CCCC(c2nc(-c3cccc(F)c3)no2)C1)C1(C#N)CCCCC1. The van der Waals surface area contributed by atoms with Gasteiger partial charge in [0.2, 0.25) is 17.6 Å². The molecule has 1 aromatic heterocycles. The number of carbonyl (C=O) groups excluding carboxylic acids is 1. The lowest BCUT2D eigenvalue weighted by atomic mass is 9.81. The molecule has 2 fully saturated rings. The van der Waals surface area contributed by atoms with Crippen molar-refractivity contribution >= 4 is 5.91 Å². The highest BCUT2D eigenvalue weighted by Crippen LogP contribution is 2.33. The summed E-state index contributed by atoms with van der Waals surface area (Å²) in [5, 5.41) is 13.8. The molecule has 7 nitrogen and oxygen atoms in total. The highest BCUT2D eigenvalue weighted by Gasteiger charge is 2.39. The van der Waals surface area contributed by atoms with E-state index in [0.29, 0.717) is 23.8 Å². The van der Waals surface area contributed by atoms with E-state index in [1.807, 2.05) is 0 Å². The number of nitrogens with zero attached hydrogens (tertiary/aromatic N) is 5. The largest absolute Gasteiger partial charge is 0.339 e. The number of piperidine rings is 1. The number of amides is 1. The molecule has 1 aromatic carbocycles. The minimum Gasteiger partial charge on any atom is -0.339 e. The lowest BCUT2D eigenvalue weighted by Gasteiger charge is -2.40. The number of likely N-dealkylation sites (tertiary alicyclic amines) is 1. The van der Waals surface area contributed by atoms with E-state index in [9.17, 15) is 14.4 Å². The van der Waals surface area contributed by atoms with Gasteiger partial charge in [0.1, 0.15) is 11.4 Å². The molecule has 2 aliphatic rings. The summed E-state index contributed by atoms with van der Waals surface area (Å²) in [6, 6.07) is 8.54. The van der Waals surface area contributed by atoms with E-state index in [4.69, 9.17) is 4.52 Å². The summed E-state index contributed by atoms with van der Waals surface area (Å²) < 4.78 is 19.0. The van der Waals surface area contributed by atoms with Gasteiger partial charge in [-0.25, -0.2) is 4.39 Å². The number of halogens is 1. The van der Waals surface area contributed by atoms with Gasteiger partial charge in [-0.05, 0) is 44.4 Å². The average Bonchev–Trinajstić information content (AvgIpc) is 3.30. The van der Waals surface area contributed by atoms with Crippen molar-refractivity contribution in [1.82, 2.24) is 19.9 Å². The van der Waals surface area contributed by atoms with Gasteiger partial charge in [0.25, 0.3) is 0 Å². The fourth-order valence-electron chi connectivity index (χ4n) is 4.74. The van der Waals surface area contributed by atoms with Gasteiger partial charge in [0, 0.05) is 19.2 Å². The van der Waals surface area contributed by atoms with Gasteiger partial charge in [-0.15, -0.1) is 0 Å². The van der Waals surface area contributed by atoms with Gasteiger partial charge in [-0.3, -0.25) is 9.69 Å². The predicted molar refractivity (Wildman–Crippen MR) is 112 cm³/mol. The lowest BCUT2D eigenvalue weighted by Crippen LogP contribution is -2.53. The van der Waals surface area contributed by atoms with E-state index in [-0.39, 0.29) is 24.2 Å². The van der Waals surface area contributed by atoms with E-state index in [1.54, 1.807) is 24.1 Å². The molecular weight excluding hydrogens is 397 g/mol.